The number of carbonyl (C=O) groups is 3. The van der Waals surface area contributed by atoms with Crippen molar-refractivity contribution in [2.24, 2.45) is 0 Å². The Morgan fingerprint density at radius 3 is 2.36 bits per heavy atom. The van der Waals surface area contributed by atoms with E-state index in [2.05, 4.69) is 20.9 Å². The van der Waals surface area contributed by atoms with Crippen molar-refractivity contribution in [1.29, 1.82) is 0 Å². The molecule has 0 spiro atoms. The van der Waals surface area contributed by atoms with E-state index in [1.165, 1.54) is 6.20 Å². The number of rotatable bonds is 8. The minimum Gasteiger partial charge on any atom is -0.343 e. The Morgan fingerprint density at radius 2 is 1.61 bits per heavy atom. The maximum atomic E-state index is 13.3. The van der Waals surface area contributed by atoms with E-state index in [9.17, 15) is 14.4 Å². The zero-order chi connectivity index (χ0) is 25.5. The standard InChI is InChI=1S/C28H25ClN4O3/c1-18(26(34)32-22-8-5-15-30-17-22)31-28(36)25(16-19-11-13-21(29)14-12-19)33-27(35)24-10-4-7-20-6-2-3-9-23(20)24/h2-15,17-18,25H,16H2,1H3,(H,31,36)(H,32,34)(H,33,35)/t18-,25-/m0/s1. The topological polar surface area (TPSA) is 100 Å². The molecule has 8 heteroatoms. The van der Waals surface area contributed by atoms with E-state index in [1.54, 1.807) is 61.7 Å². The van der Waals surface area contributed by atoms with Crippen molar-refractivity contribution in [2.75, 3.05) is 5.32 Å². The monoisotopic (exact) mass is 500 g/mol. The molecular weight excluding hydrogens is 476 g/mol. The van der Waals surface area contributed by atoms with Crippen molar-refractivity contribution in [3.05, 3.63) is 107 Å². The van der Waals surface area contributed by atoms with Crippen molar-refractivity contribution >= 4 is 45.8 Å². The van der Waals surface area contributed by atoms with Crippen LogP contribution in [-0.2, 0) is 16.0 Å². The van der Waals surface area contributed by atoms with Crippen LogP contribution in [0.3, 0.4) is 0 Å². The lowest BCUT2D eigenvalue weighted by atomic mass is 10.0. The largest absolute Gasteiger partial charge is 0.343 e. The van der Waals surface area contributed by atoms with Crippen LogP contribution >= 0.6 is 11.6 Å². The van der Waals surface area contributed by atoms with Crippen LogP contribution in [0.15, 0.2) is 91.3 Å². The molecule has 3 N–H and O–H groups in total. The fourth-order valence-corrected chi connectivity index (χ4v) is 3.92. The quantitative estimate of drug-likeness (QED) is 0.334. The van der Waals surface area contributed by atoms with Crippen molar-refractivity contribution in [2.45, 2.75) is 25.4 Å². The molecule has 0 unspecified atom stereocenters. The van der Waals surface area contributed by atoms with Crippen molar-refractivity contribution in [3.8, 4) is 0 Å². The highest BCUT2D eigenvalue weighted by Crippen LogP contribution is 2.19. The van der Waals surface area contributed by atoms with Crippen molar-refractivity contribution in [3.63, 3.8) is 0 Å². The fraction of sp³-hybridized carbons (Fsp3) is 0.143. The predicted molar refractivity (Wildman–Crippen MR) is 141 cm³/mol. The molecule has 3 amide bonds. The number of aromatic nitrogens is 1. The first-order chi connectivity index (χ1) is 17.4. The van der Waals surface area contributed by atoms with Crippen LogP contribution in [0.2, 0.25) is 5.02 Å². The van der Waals surface area contributed by atoms with Crippen LogP contribution in [0.1, 0.15) is 22.8 Å². The van der Waals surface area contributed by atoms with Crippen LogP contribution in [0.4, 0.5) is 5.69 Å². The Balaban J connectivity index is 1.52. The average molecular weight is 501 g/mol. The molecule has 3 aromatic carbocycles. The van der Waals surface area contributed by atoms with Crippen molar-refractivity contribution in [1.82, 2.24) is 15.6 Å². The number of benzene rings is 3. The molecule has 1 heterocycles. The summed E-state index contributed by atoms with van der Waals surface area (Å²) in [4.78, 5) is 43.1. The first-order valence-corrected chi connectivity index (χ1v) is 11.8. The third-order valence-corrected chi connectivity index (χ3v) is 5.94. The van der Waals surface area contributed by atoms with Gasteiger partial charge >= 0.3 is 0 Å². The van der Waals surface area contributed by atoms with Crippen LogP contribution in [0.5, 0.6) is 0 Å². The molecule has 0 fully saturated rings. The van der Waals surface area contributed by atoms with E-state index in [1.807, 2.05) is 30.3 Å². The zero-order valence-electron chi connectivity index (χ0n) is 19.6. The highest BCUT2D eigenvalue weighted by atomic mass is 35.5. The number of hydrogen-bond acceptors (Lipinski definition) is 4. The predicted octanol–water partition coefficient (Wildman–Crippen LogP) is 4.37. The van der Waals surface area contributed by atoms with Gasteiger partial charge in [-0.15, -0.1) is 0 Å². The van der Waals surface area contributed by atoms with Gasteiger partial charge in [0.05, 0.1) is 11.9 Å². The number of pyridine rings is 1. The van der Waals surface area contributed by atoms with E-state index in [0.29, 0.717) is 16.3 Å². The van der Waals surface area contributed by atoms with Gasteiger partial charge in [0.25, 0.3) is 5.91 Å². The molecule has 0 aliphatic carbocycles. The number of nitrogens with zero attached hydrogens (tertiary/aromatic N) is 1. The maximum absolute atomic E-state index is 13.3. The summed E-state index contributed by atoms with van der Waals surface area (Å²) in [7, 11) is 0. The second-order valence-corrected chi connectivity index (χ2v) is 8.78. The summed E-state index contributed by atoms with van der Waals surface area (Å²) >= 11 is 6.00. The molecule has 182 valence electrons. The third kappa shape index (κ3) is 6.25. The second-order valence-electron chi connectivity index (χ2n) is 8.34. The lowest BCUT2D eigenvalue weighted by Gasteiger charge is -2.22. The summed E-state index contributed by atoms with van der Waals surface area (Å²) in [5, 5.41) is 10.6. The van der Waals surface area contributed by atoms with E-state index in [4.69, 9.17) is 11.6 Å². The Kier molecular flexibility index (Phi) is 7.92. The summed E-state index contributed by atoms with van der Waals surface area (Å²) in [6, 6.07) is 21.7. The highest BCUT2D eigenvalue weighted by Gasteiger charge is 2.26. The third-order valence-electron chi connectivity index (χ3n) is 5.69. The van der Waals surface area contributed by atoms with Gasteiger partial charge < -0.3 is 16.0 Å². The van der Waals surface area contributed by atoms with E-state index < -0.39 is 23.9 Å². The Hall–Kier alpha value is -4.23. The van der Waals surface area contributed by atoms with Gasteiger partial charge in [0.2, 0.25) is 11.8 Å². The number of anilines is 1. The molecule has 0 saturated heterocycles. The molecule has 0 bridgehead atoms. The highest BCUT2D eigenvalue weighted by molar-refractivity contribution is 6.30. The number of carbonyl (C=O) groups excluding carboxylic acids is 3. The summed E-state index contributed by atoms with van der Waals surface area (Å²) in [6.45, 7) is 1.58. The van der Waals surface area contributed by atoms with E-state index >= 15 is 0 Å². The van der Waals surface area contributed by atoms with Gasteiger partial charge in [-0.25, -0.2) is 0 Å². The number of hydrogen-bond donors (Lipinski definition) is 3. The van der Waals surface area contributed by atoms with Crippen LogP contribution in [-0.4, -0.2) is 34.8 Å². The average Bonchev–Trinajstić information content (AvgIpc) is 2.89. The molecule has 0 aliphatic rings. The second kappa shape index (κ2) is 11.5. The smallest absolute Gasteiger partial charge is 0.252 e. The lowest BCUT2D eigenvalue weighted by Crippen LogP contribution is -2.52. The molecule has 36 heavy (non-hydrogen) atoms. The summed E-state index contributed by atoms with van der Waals surface area (Å²) < 4.78 is 0. The number of halogens is 1. The van der Waals surface area contributed by atoms with Crippen LogP contribution in [0.25, 0.3) is 10.8 Å². The molecule has 0 radical (unpaired) electrons. The van der Waals surface area contributed by atoms with Gasteiger partial charge in [0.1, 0.15) is 12.1 Å². The number of amides is 3. The SMILES string of the molecule is C[C@H](NC(=O)[C@H](Cc1ccc(Cl)cc1)NC(=O)c1cccc2ccccc12)C(=O)Nc1cccnc1. The van der Waals surface area contributed by atoms with Gasteiger partial charge in [-0.05, 0) is 53.6 Å². The Morgan fingerprint density at radius 1 is 0.861 bits per heavy atom. The lowest BCUT2D eigenvalue weighted by molar-refractivity contribution is -0.127. The molecule has 0 saturated carbocycles. The maximum Gasteiger partial charge on any atom is 0.252 e. The van der Waals surface area contributed by atoms with E-state index in [-0.39, 0.29) is 12.3 Å². The van der Waals surface area contributed by atoms with Gasteiger partial charge in [-0.3, -0.25) is 19.4 Å². The van der Waals surface area contributed by atoms with Gasteiger partial charge in [-0.1, -0.05) is 60.1 Å². The number of fused-ring (bicyclic) bond motifs is 1. The molecular formula is C28H25ClN4O3. The zero-order valence-corrected chi connectivity index (χ0v) is 20.3. The summed E-state index contributed by atoms with van der Waals surface area (Å²) in [6.07, 6.45) is 3.33. The van der Waals surface area contributed by atoms with Crippen molar-refractivity contribution < 1.29 is 14.4 Å². The normalized spacial score (nSPS) is 12.4. The summed E-state index contributed by atoms with van der Waals surface area (Å²) in [5.41, 5.74) is 1.79. The molecule has 2 atom stereocenters. The molecule has 1 aromatic heterocycles. The molecule has 4 rings (SSSR count). The van der Waals surface area contributed by atoms with Crippen LogP contribution < -0.4 is 16.0 Å². The molecule has 4 aromatic rings. The first-order valence-electron chi connectivity index (χ1n) is 11.4. The molecule has 7 nitrogen and oxygen atoms in total. The molecule has 0 aliphatic heterocycles. The van der Waals surface area contributed by atoms with E-state index in [0.717, 1.165) is 16.3 Å². The van der Waals surface area contributed by atoms with Gasteiger partial charge in [0.15, 0.2) is 0 Å². The minimum atomic E-state index is -0.925. The first kappa shape index (κ1) is 24.9. The van der Waals surface area contributed by atoms with Crippen LogP contribution in [0, 0.1) is 0 Å². The number of nitrogens with one attached hydrogen (secondary N) is 3. The fourth-order valence-electron chi connectivity index (χ4n) is 3.79. The minimum absolute atomic E-state index is 0.219. The summed E-state index contributed by atoms with van der Waals surface area (Å²) in [5.74, 6) is -1.26. The van der Waals surface area contributed by atoms with Gasteiger partial charge in [0, 0.05) is 23.2 Å². The Bertz CT molecular complexity index is 1370. The Labute approximate surface area is 213 Å². The van der Waals surface area contributed by atoms with Gasteiger partial charge in [-0.2, -0.15) is 0 Å².